The normalized spacial score (nSPS) is 11.6. The van der Waals surface area contributed by atoms with Gasteiger partial charge in [-0.3, -0.25) is 4.79 Å². The van der Waals surface area contributed by atoms with Crippen molar-refractivity contribution in [2.75, 3.05) is 0 Å². The second kappa shape index (κ2) is 9.94. The van der Waals surface area contributed by atoms with Gasteiger partial charge in [-0.1, -0.05) is 41.9 Å². The minimum atomic E-state index is -0.646. The van der Waals surface area contributed by atoms with Gasteiger partial charge in [-0.05, 0) is 60.5 Å². The Bertz CT molecular complexity index is 945. The van der Waals surface area contributed by atoms with Crippen molar-refractivity contribution < 1.29 is 18.7 Å². The first-order valence-electron chi connectivity index (χ1n) is 9.16. The van der Waals surface area contributed by atoms with Gasteiger partial charge in [0.2, 0.25) is 0 Å². The summed E-state index contributed by atoms with van der Waals surface area (Å²) in [6.07, 6.45) is -0.646. The third-order valence-electron chi connectivity index (χ3n) is 4.19. The van der Waals surface area contributed by atoms with Crippen molar-refractivity contribution in [3.63, 3.8) is 0 Å². The smallest absolute Gasteiger partial charge is 0.261 e. The van der Waals surface area contributed by atoms with E-state index in [0.717, 1.165) is 11.1 Å². The number of ether oxygens (including phenoxy) is 2. The Kier molecular flexibility index (Phi) is 7.09. The summed E-state index contributed by atoms with van der Waals surface area (Å²) in [5, 5.41) is 3.40. The summed E-state index contributed by atoms with van der Waals surface area (Å²) in [5.74, 6) is 0.749. The van der Waals surface area contributed by atoms with Crippen LogP contribution in [0, 0.1) is 5.82 Å². The topological polar surface area (TPSA) is 47.6 Å². The number of hydrogen-bond donors (Lipinski definition) is 1. The van der Waals surface area contributed by atoms with E-state index in [4.69, 9.17) is 21.1 Å². The fourth-order valence-corrected chi connectivity index (χ4v) is 2.76. The molecule has 29 heavy (non-hydrogen) atoms. The second-order valence-corrected chi connectivity index (χ2v) is 6.93. The highest BCUT2D eigenvalue weighted by Crippen LogP contribution is 2.18. The highest BCUT2D eigenvalue weighted by Gasteiger charge is 2.14. The van der Waals surface area contributed by atoms with Crippen LogP contribution in [0.3, 0.4) is 0 Å². The molecule has 3 aromatic rings. The van der Waals surface area contributed by atoms with Crippen LogP contribution in [0.5, 0.6) is 11.5 Å². The molecule has 1 atom stereocenters. The summed E-state index contributed by atoms with van der Waals surface area (Å²) in [4.78, 5) is 12.2. The van der Waals surface area contributed by atoms with Crippen LogP contribution in [0.15, 0.2) is 72.8 Å². The lowest BCUT2D eigenvalue weighted by atomic mass is 10.2. The van der Waals surface area contributed by atoms with Crippen LogP contribution in [0.2, 0.25) is 5.02 Å². The largest absolute Gasteiger partial charge is 0.489 e. The predicted octanol–water partition coefficient (Wildman–Crippen LogP) is 5.14. The first kappa shape index (κ1) is 20.7. The van der Waals surface area contributed by atoms with Gasteiger partial charge in [-0.2, -0.15) is 0 Å². The molecule has 0 saturated heterocycles. The van der Waals surface area contributed by atoms with E-state index < -0.39 is 6.10 Å². The van der Waals surface area contributed by atoms with E-state index in [1.54, 1.807) is 43.3 Å². The highest BCUT2D eigenvalue weighted by atomic mass is 35.5. The van der Waals surface area contributed by atoms with E-state index in [0.29, 0.717) is 29.7 Å². The van der Waals surface area contributed by atoms with Gasteiger partial charge in [0.25, 0.3) is 5.91 Å². The third-order valence-corrected chi connectivity index (χ3v) is 4.42. The summed E-state index contributed by atoms with van der Waals surface area (Å²) in [6, 6.07) is 20.5. The quantitative estimate of drug-likeness (QED) is 0.556. The number of carbonyl (C=O) groups excluding carboxylic acids is 1. The van der Waals surface area contributed by atoms with Gasteiger partial charge >= 0.3 is 0 Å². The van der Waals surface area contributed by atoms with Gasteiger partial charge in [0.05, 0.1) is 0 Å². The van der Waals surface area contributed by atoms with Gasteiger partial charge in [0, 0.05) is 11.6 Å². The van der Waals surface area contributed by atoms with E-state index in [1.807, 2.05) is 24.3 Å². The molecule has 0 bridgehead atoms. The summed E-state index contributed by atoms with van der Waals surface area (Å²) < 4.78 is 24.2. The molecule has 0 saturated carbocycles. The molecule has 0 aromatic heterocycles. The molecule has 3 rings (SSSR count). The Morgan fingerprint density at radius 2 is 1.69 bits per heavy atom. The van der Waals surface area contributed by atoms with E-state index in [-0.39, 0.29) is 11.7 Å². The third kappa shape index (κ3) is 6.50. The van der Waals surface area contributed by atoms with Gasteiger partial charge in [0.15, 0.2) is 6.10 Å². The molecule has 4 nitrogen and oxygen atoms in total. The zero-order valence-electron chi connectivity index (χ0n) is 15.9. The lowest BCUT2D eigenvalue weighted by Crippen LogP contribution is -2.35. The number of amides is 1. The van der Waals surface area contributed by atoms with Crippen LogP contribution >= 0.6 is 11.6 Å². The molecular weight excluding hydrogens is 393 g/mol. The maximum absolute atomic E-state index is 12.9. The lowest BCUT2D eigenvalue weighted by Gasteiger charge is -2.15. The Labute approximate surface area is 174 Å². The molecule has 1 N–H and O–H groups in total. The van der Waals surface area contributed by atoms with E-state index in [2.05, 4.69) is 5.32 Å². The maximum Gasteiger partial charge on any atom is 0.261 e. The van der Waals surface area contributed by atoms with Crippen LogP contribution in [0.1, 0.15) is 18.1 Å². The molecule has 150 valence electrons. The summed E-state index contributed by atoms with van der Waals surface area (Å²) in [6.45, 7) is 2.41. The standard InChI is InChI=1S/C23H21ClFNO3/c1-16(29-22-4-2-3-19(24)13-22)23(27)26-14-17-7-11-21(12-8-17)28-15-18-5-9-20(25)10-6-18/h2-13,16H,14-15H2,1H3,(H,26,27). The van der Waals surface area contributed by atoms with Crippen molar-refractivity contribution in [1.82, 2.24) is 5.32 Å². The lowest BCUT2D eigenvalue weighted by molar-refractivity contribution is -0.127. The van der Waals surface area contributed by atoms with Gasteiger partial charge in [-0.15, -0.1) is 0 Å². The molecule has 6 heteroatoms. The highest BCUT2D eigenvalue weighted by molar-refractivity contribution is 6.30. The number of hydrogen-bond acceptors (Lipinski definition) is 3. The second-order valence-electron chi connectivity index (χ2n) is 6.49. The molecule has 0 radical (unpaired) electrons. The number of rotatable bonds is 8. The molecule has 0 aliphatic carbocycles. The van der Waals surface area contributed by atoms with Crippen molar-refractivity contribution in [1.29, 1.82) is 0 Å². The molecule has 0 heterocycles. The van der Waals surface area contributed by atoms with Crippen LogP contribution in [-0.4, -0.2) is 12.0 Å². The zero-order valence-corrected chi connectivity index (χ0v) is 16.7. The average molecular weight is 414 g/mol. The van der Waals surface area contributed by atoms with Gasteiger partial charge < -0.3 is 14.8 Å². The molecule has 1 amide bonds. The molecule has 0 fully saturated rings. The van der Waals surface area contributed by atoms with Crippen molar-refractivity contribution in [3.05, 3.63) is 94.8 Å². The first-order valence-corrected chi connectivity index (χ1v) is 9.53. The SMILES string of the molecule is CC(Oc1cccc(Cl)c1)C(=O)NCc1ccc(OCc2ccc(F)cc2)cc1. The summed E-state index contributed by atoms with van der Waals surface area (Å²) in [5.41, 5.74) is 1.82. The summed E-state index contributed by atoms with van der Waals surface area (Å²) >= 11 is 5.92. The maximum atomic E-state index is 12.9. The molecule has 1 unspecified atom stereocenters. The van der Waals surface area contributed by atoms with Crippen LogP contribution in [0.4, 0.5) is 4.39 Å². The van der Waals surface area contributed by atoms with E-state index in [9.17, 15) is 9.18 Å². The Morgan fingerprint density at radius 3 is 2.38 bits per heavy atom. The fraction of sp³-hybridized carbons (Fsp3) is 0.174. The number of halogens is 2. The minimum Gasteiger partial charge on any atom is -0.489 e. The first-order chi connectivity index (χ1) is 14.0. The van der Waals surface area contributed by atoms with E-state index >= 15 is 0 Å². The molecule has 3 aromatic carbocycles. The monoisotopic (exact) mass is 413 g/mol. The number of nitrogens with one attached hydrogen (secondary N) is 1. The zero-order chi connectivity index (χ0) is 20.6. The average Bonchev–Trinajstić information content (AvgIpc) is 2.72. The number of benzene rings is 3. The Balaban J connectivity index is 1.45. The van der Waals surface area contributed by atoms with E-state index in [1.165, 1.54) is 12.1 Å². The number of carbonyl (C=O) groups is 1. The molecule has 0 aliphatic heterocycles. The van der Waals surface area contributed by atoms with Crippen molar-refractivity contribution in [3.8, 4) is 11.5 Å². The molecular formula is C23H21ClFNO3. The van der Waals surface area contributed by atoms with Crippen LogP contribution in [0.25, 0.3) is 0 Å². The van der Waals surface area contributed by atoms with Crippen molar-refractivity contribution >= 4 is 17.5 Å². The fourth-order valence-electron chi connectivity index (χ4n) is 2.58. The van der Waals surface area contributed by atoms with Crippen LogP contribution in [-0.2, 0) is 17.9 Å². The van der Waals surface area contributed by atoms with Crippen molar-refractivity contribution in [2.24, 2.45) is 0 Å². The molecule has 0 spiro atoms. The van der Waals surface area contributed by atoms with Gasteiger partial charge in [-0.25, -0.2) is 4.39 Å². The predicted molar refractivity (Wildman–Crippen MR) is 111 cm³/mol. The van der Waals surface area contributed by atoms with Crippen molar-refractivity contribution in [2.45, 2.75) is 26.2 Å². The minimum absolute atomic E-state index is 0.221. The Hall–Kier alpha value is -3.05. The van der Waals surface area contributed by atoms with Gasteiger partial charge in [0.1, 0.15) is 23.9 Å². The summed E-state index contributed by atoms with van der Waals surface area (Å²) in [7, 11) is 0. The Morgan fingerprint density at radius 1 is 1.00 bits per heavy atom. The molecule has 0 aliphatic rings. The van der Waals surface area contributed by atoms with Crippen LogP contribution < -0.4 is 14.8 Å².